The summed E-state index contributed by atoms with van der Waals surface area (Å²) in [5, 5.41) is 7.06. The number of primary amides is 1. The number of benzene rings is 1. The smallest absolute Gasteiger partial charge is 0.239 e. The van der Waals surface area contributed by atoms with Crippen molar-refractivity contribution in [2.75, 3.05) is 7.05 Å². The van der Waals surface area contributed by atoms with Gasteiger partial charge >= 0.3 is 0 Å². The second-order valence-electron chi connectivity index (χ2n) is 3.68. The highest BCUT2D eigenvalue weighted by molar-refractivity contribution is 5.81. The number of likely N-dealkylation sites (N-methyl/N-ethyl adjacent to an activating group) is 1. The maximum Gasteiger partial charge on any atom is 0.239 e. The Morgan fingerprint density at radius 3 is 2.71 bits per heavy atom. The predicted molar refractivity (Wildman–Crippen MR) is 64.6 cm³/mol. The number of amides is 1. The molecule has 3 N–H and O–H groups in total. The van der Waals surface area contributed by atoms with E-state index in [1.54, 1.807) is 24.1 Å². The summed E-state index contributed by atoms with van der Waals surface area (Å²) in [6.07, 6.45) is 3.43. The van der Waals surface area contributed by atoms with E-state index in [-0.39, 0.29) is 0 Å². The molecule has 1 unspecified atom stereocenters. The molecule has 0 saturated heterocycles. The van der Waals surface area contributed by atoms with Gasteiger partial charge in [0.1, 0.15) is 6.04 Å². The number of nitrogens with one attached hydrogen (secondary N) is 1. The molecule has 0 aliphatic heterocycles. The lowest BCUT2D eigenvalue weighted by molar-refractivity contribution is -0.120. The van der Waals surface area contributed by atoms with Crippen molar-refractivity contribution < 1.29 is 4.79 Å². The molecular formula is C12H14N4O. The van der Waals surface area contributed by atoms with Crippen LogP contribution in [0.2, 0.25) is 0 Å². The second-order valence-corrected chi connectivity index (χ2v) is 3.68. The number of carbonyl (C=O) groups excluding carboxylic acids is 1. The van der Waals surface area contributed by atoms with Gasteiger partial charge in [-0.2, -0.15) is 5.10 Å². The fraction of sp³-hybridized carbons (Fsp3) is 0.167. The number of nitrogens with two attached hydrogens (primary N) is 1. The van der Waals surface area contributed by atoms with E-state index >= 15 is 0 Å². The highest BCUT2D eigenvalue weighted by Crippen LogP contribution is 2.13. The molecular weight excluding hydrogens is 216 g/mol. The van der Waals surface area contributed by atoms with Gasteiger partial charge in [0.2, 0.25) is 5.91 Å². The minimum Gasteiger partial charge on any atom is -0.368 e. The molecule has 0 saturated carbocycles. The molecule has 2 aromatic rings. The van der Waals surface area contributed by atoms with Gasteiger partial charge in [0.25, 0.3) is 0 Å². The summed E-state index contributed by atoms with van der Waals surface area (Å²) < 4.78 is 1.71. The molecule has 5 nitrogen and oxygen atoms in total. The van der Waals surface area contributed by atoms with Crippen LogP contribution in [0.4, 0.5) is 0 Å². The molecule has 2 rings (SSSR count). The normalized spacial score (nSPS) is 12.3. The third-order valence-electron chi connectivity index (χ3n) is 2.53. The zero-order valence-corrected chi connectivity index (χ0v) is 9.50. The van der Waals surface area contributed by atoms with E-state index in [2.05, 4.69) is 10.4 Å². The van der Waals surface area contributed by atoms with Gasteiger partial charge in [0.05, 0.1) is 11.9 Å². The topological polar surface area (TPSA) is 72.9 Å². The zero-order chi connectivity index (χ0) is 12.3. The van der Waals surface area contributed by atoms with E-state index in [1.165, 1.54) is 0 Å². The first-order valence-electron chi connectivity index (χ1n) is 5.29. The Morgan fingerprint density at radius 2 is 2.12 bits per heavy atom. The van der Waals surface area contributed by atoms with Crippen molar-refractivity contribution in [2.45, 2.75) is 6.04 Å². The lowest BCUT2D eigenvalue weighted by atomic mass is 10.1. The van der Waals surface area contributed by atoms with Crippen LogP contribution >= 0.6 is 0 Å². The molecule has 0 spiro atoms. The number of hydrogen-bond donors (Lipinski definition) is 2. The van der Waals surface area contributed by atoms with Gasteiger partial charge in [-0.3, -0.25) is 4.79 Å². The van der Waals surface area contributed by atoms with E-state index in [9.17, 15) is 4.79 Å². The van der Waals surface area contributed by atoms with Crippen LogP contribution in [0.15, 0.2) is 42.7 Å². The SMILES string of the molecule is CNC(C(N)=O)c1cnn(-c2ccccc2)c1. The van der Waals surface area contributed by atoms with Gasteiger partial charge in [-0.1, -0.05) is 18.2 Å². The van der Waals surface area contributed by atoms with E-state index in [0.717, 1.165) is 11.3 Å². The van der Waals surface area contributed by atoms with Gasteiger partial charge in [-0.25, -0.2) is 4.68 Å². The number of rotatable bonds is 4. The molecule has 1 heterocycles. The lowest BCUT2D eigenvalue weighted by Crippen LogP contribution is -2.30. The van der Waals surface area contributed by atoms with Crippen LogP contribution in [-0.2, 0) is 4.79 Å². The second kappa shape index (κ2) is 4.80. The molecule has 1 amide bonds. The summed E-state index contributed by atoms with van der Waals surface area (Å²) in [4.78, 5) is 11.2. The Hall–Kier alpha value is -2.14. The van der Waals surface area contributed by atoms with E-state index < -0.39 is 11.9 Å². The van der Waals surface area contributed by atoms with Crippen molar-refractivity contribution >= 4 is 5.91 Å². The van der Waals surface area contributed by atoms with Gasteiger partial charge in [0.15, 0.2) is 0 Å². The highest BCUT2D eigenvalue weighted by Gasteiger charge is 2.17. The maximum absolute atomic E-state index is 11.2. The first kappa shape index (κ1) is 11.3. The average molecular weight is 230 g/mol. The molecule has 0 aliphatic rings. The summed E-state index contributed by atoms with van der Waals surface area (Å²) in [6.45, 7) is 0. The molecule has 0 fully saturated rings. The maximum atomic E-state index is 11.2. The van der Waals surface area contributed by atoms with Gasteiger partial charge < -0.3 is 11.1 Å². The third kappa shape index (κ3) is 2.34. The number of para-hydroxylation sites is 1. The largest absolute Gasteiger partial charge is 0.368 e. The Labute approximate surface area is 99.2 Å². The number of aromatic nitrogens is 2. The van der Waals surface area contributed by atoms with Crippen molar-refractivity contribution in [1.82, 2.24) is 15.1 Å². The van der Waals surface area contributed by atoms with Crippen LogP contribution in [0, 0.1) is 0 Å². The Kier molecular flexibility index (Phi) is 3.20. The summed E-state index contributed by atoms with van der Waals surface area (Å²) >= 11 is 0. The lowest BCUT2D eigenvalue weighted by Gasteiger charge is -2.08. The summed E-state index contributed by atoms with van der Waals surface area (Å²) in [7, 11) is 1.69. The van der Waals surface area contributed by atoms with Crippen LogP contribution in [0.5, 0.6) is 0 Å². The summed E-state index contributed by atoms with van der Waals surface area (Å²) in [6, 6.07) is 9.17. The van der Waals surface area contributed by atoms with Crippen molar-refractivity contribution in [2.24, 2.45) is 5.73 Å². The summed E-state index contributed by atoms with van der Waals surface area (Å²) in [5.41, 5.74) is 6.98. The molecule has 1 atom stereocenters. The van der Waals surface area contributed by atoms with E-state index in [0.29, 0.717) is 0 Å². The first-order valence-corrected chi connectivity index (χ1v) is 5.29. The van der Waals surface area contributed by atoms with Crippen LogP contribution in [0.3, 0.4) is 0 Å². The van der Waals surface area contributed by atoms with Crippen LogP contribution in [-0.4, -0.2) is 22.7 Å². The van der Waals surface area contributed by atoms with Crippen LogP contribution < -0.4 is 11.1 Å². The van der Waals surface area contributed by atoms with Crippen molar-refractivity contribution in [1.29, 1.82) is 0 Å². The average Bonchev–Trinajstić information content (AvgIpc) is 2.80. The highest BCUT2D eigenvalue weighted by atomic mass is 16.1. The predicted octanol–water partition coefficient (Wildman–Crippen LogP) is 0.618. The summed E-state index contributed by atoms with van der Waals surface area (Å²) in [5.74, 6) is -0.417. The van der Waals surface area contributed by atoms with Crippen molar-refractivity contribution in [3.63, 3.8) is 0 Å². The number of hydrogen-bond acceptors (Lipinski definition) is 3. The monoisotopic (exact) mass is 230 g/mol. The van der Waals surface area contributed by atoms with Gasteiger partial charge in [0, 0.05) is 11.8 Å². The minimum absolute atomic E-state index is 0.417. The molecule has 0 radical (unpaired) electrons. The Morgan fingerprint density at radius 1 is 1.41 bits per heavy atom. The number of carbonyl (C=O) groups is 1. The molecule has 17 heavy (non-hydrogen) atoms. The molecule has 5 heteroatoms. The van der Waals surface area contributed by atoms with Crippen molar-refractivity contribution in [3.05, 3.63) is 48.3 Å². The zero-order valence-electron chi connectivity index (χ0n) is 9.50. The standard InChI is InChI=1S/C12H14N4O/c1-14-11(12(13)17)9-7-15-16(8-9)10-5-3-2-4-6-10/h2-8,11,14H,1H3,(H2,13,17). The van der Waals surface area contributed by atoms with Crippen LogP contribution in [0.25, 0.3) is 5.69 Å². The quantitative estimate of drug-likeness (QED) is 0.808. The first-order chi connectivity index (χ1) is 8.22. The Bertz CT molecular complexity index is 506. The Balaban J connectivity index is 2.30. The van der Waals surface area contributed by atoms with Crippen LogP contribution in [0.1, 0.15) is 11.6 Å². The molecule has 0 bridgehead atoms. The molecule has 1 aromatic heterocycles. The fourth-order valence-corrected chi connectivity index (χ4v) is 1.68. The molecule has 88 valence electrons. The minimum atomic E-state index is -0.507. The molecule has 0 aliphatic carbocycles. The fourth-order valence-electron chi connectivity index (χ4n) is 1.68. The van der Waals surface area contributed by atoms with Crippen molar-refractivity contribution in [3.8, 4) is 5.69 Å². The van der Waals surface area contributed by atoms with E-state index in [4.69, 9.17) is 5.73 Å². The molecule has 1 aromatic carbocycles. The third-order valence-corrected chi connectivity index (χ3v) is 2.53. The van der Waals surface area contributed by atoms with E-state index in [1.807, 2.05) is 30.3 Å². The van der Waals surface area contributed by atoms with Gasteiger partial charge in [-0.15, -0.1) is 0 Å². The van der Waals surface area contributed by atoms with Gasteiger partial charge in [-0.05, 0) is 19.2 Å². The number of nitrogens with zero attached hydrogens (tertiary/aromatic N) is 2.